The Morgan fingerprint density at radius 2 is 1.89 bits per heavy atom. The van der Waals surface area contributed by atoms with Gasteiger partial charge in [0.2, 0.25) is 5.88 Å². The Morgan fingerprint density at radius 1 is 1.13 bits per heavy atom. The predicted octanol–water partition coefficient (Wildman–Crippen LogP) is 5.26. The summed E-state index contributed by atoms with van der Waals surface area (Å²) in [6.07, 6.45) is -0.0956. The normalized spacial score (nSPS) is 20.5. The third-order valence-electron chi connectivity index (χ3n) is 7.05. The number of nitrogens with two attached hydrogens (primary N) is 1. The number of pyridine rings is 1. The van der Waals surface area contributed by atoms with E-state index < -0.39 is 17.2 Å². The van der Waals surface area contributed by atoms with E-state index in [4.69, 9.17) is 10.5 Å². The van der Waals surface area contributed by atoms with Gasteiger partial charge in [0.05, 0.1) is 16.9 Å². The van der Waals surface area contributed by atoms with Gasteiger partial charge in [-0.15, -0.1) is 22.7 Å². The summed E-state index contributed by atoms with van der Waals surface area (Å²) in [6.45, 7) is 6.70. The maximum absolute atomic E-state index is 14.5. The number of rotatable bonds is 6. The van der Waals surface area contributed by atoms with Crippen molar-refractivity contribution in [3.63, 3.8) is 0 Å². The predicted molar refractivity (Wildman–Crippen MR) is 142 cm³/mol. The summed E-state index contributed by atoms with van der Waals surface area (Å²) in [4.78, 5) is 29.1. The summed E-state index contributed by atoms with van der Waals surface area (Å²) >= 11 is 2.87. The first-order chi connectivity index (χ1) is 18.1. The number of thiazole rings is 2. The van der Waals surface area contributed by atoms with Crippen LogP contribution in [0.1, 0.15) is 34.8 Å². The van der Waals surface area contributed by atoms with E-state index in [1.165, 1.54) is 34.8 Å². The first-order valence-electron chi connectivity index (χ1n) is 12.2. The molecule has 4 heterocycles. The second kappa shape index (κ2) is 9.18. The zero-order chi connectivity index (χ0) is 26.8. The maximum Gasteiger partial charge on any atom is 0.265 e. The van der Waals surface area contributed by atoms with Crippen molar-refractivity contribution in [2.45, 2.75) is 32.4 Å². The quantitative estimate of drug-likeness (QED) is 0.350. The number of nitrogens with zero attached hydrogens (tertiary/aromatic N) is 4. The van der Waals surface area contributed by atoms with Crippen LogP contribution in [0.3, 0.4) is 0 Å². The number of carbonyl (C=O) groups excluding carboxylic acids is 1. The van der Waals surface area contributed by atoms with E-state index in [1.54, 1.807) is 17.6 Å². The van der Waals surface area contributed by atoms with Crippen LogP contribution in [0.2, 0.25) is 0 Å². The molecular weight excluding hydrogens is 528 g/mol. The molecule has 1 amide bonds. The Kier molecular flexibility index (Phi) is 6.04. The number of fused-ring (bicyclic) bond motifs is 1. The molecule has 4 aromatic rings. The molecule has 3 aromatic heterocycles. The van der Waals surface area contributed by atoms with Crippen molar-refractivity contribution in [2.24, 2.45) is 17.6 Å². The lowest BCUT2D eigenvalue weighted by molar-refractivity contribution is 0.0755. The average Bonchev–Trinajstić information content (AvgIpc) is 3.36. The van der Waals surface area contributed by atoms with Gasteiger partial charge in [-0.25, -0.2) is 23.7 Å². The minimum Gasteiger partial charge on any atom is -0.474 e. The first kappa shape index (κ1) is 25.0. The van der Waals surface area contributed by atoms with Crippen LogP contribution in [-0.2, 0) is 5.54 Å². The van der Waals surface area contributed by atoms with Crippen molar-refractivity contribution in [3.05, 3.63) is 69.0 Å². The fourth-order valence-corrected chi connectivity index (χ4v) is 6.50. The first-order valence-corrected chi connectivity index (χ1v) is 13.9. The Balaban J connectivity index is 1.17. The van der Waals surface area contributed by atoms with Crippen LogP contribution in [0.5, 0.6) is 5.88 Å². The number of hydrogen-bond donors (Lipinski definition) is 1. The molecule has 38 heavy (non-hydrogen) atoms. The molecule has 3 atom stereocenters. The van der Waals surface area contributed by atoms with Gasteiger partial charge in [-0.3, -0.25) is 4.79 Å². The van der Waals surface area contributed by atoms with Crippen LogP contribution in [0.15, 0.2) is 41.2 Å². The van der Waals surface area contributed by atoms with Gasteiger partial charge in [0.1, 0.15) is 33.3 Å². The average molecular weight is 554 g/mol. The highest BCUT2D eigenvalue weighted by molar-refractivity contribution is 7.17. The van der Waals surface area contributed by atoms with Gasteiger partial charge in [-0.2, -0.15) is 0 Å². The Bertz CT molecular complexity index is 1520. The summed E-state index contributed by atoms with van der Waals surface area (Å²) in [5.41, 5.74) is 10.1. The van der Waals surface area contributed by atoms with E-state index in [-0.39, 0.29) is 29.4 Å². The molecular formula is C27H25F2N5O2S2. The van der Waals surface area contributed by atoms with E-state index >= 15 is 0 Å². The smallest absolute Gasteiger partial charge is 0.265 e. The number of halogens is 2. The Hall–Kier alpha value is -3.28. The summed E-state index contributed by atoms with van der Waals surface area (Å²) in [5.74, 6) is -0.671. The van der Waals surface area contributed by atoms with Gasteiger partial charge in [0.15, 0.2) is 0 Å². The molecule has 1 aliphatic carbocycles. The van der Waals surface area contributed by atoms with Crippen molar-refractivity contribution in [2.75, 3.05) is 13.1 Å². The number of aromatic nitrogens is 3. The summed E-state index contributed by atoms with van der Waals surface area (Å²) in [6, 6.07) is 6.86. The molecule has 0 radical (unpaired) electrons. The number of amides is 1. The molecule has 0 spiro atoms. The number of aryl methyl sites for hydroxylation is 1. The number of hydrogen-bond acceptors (Lipinski definition) is 8. The molecule has 0 bridgehead atoms. The van der Waals surface area contributed by atoms with Gasteiger partial charge in [0.25, 0.3) is 5.91 Å². The number of ether oxygens (including phenoxy) is 1. The van der Waals surface area contributed by atoms with Crippen molar-refractivity contribution >= 4 is 28.6 Å². The minimum atomic E-state index is -0.723. The van der Waals surface area contributed by atoms with E-state index in [2.05, 4.69) is 15.0 Å². The number of piperidine rings is 1. The van der Waals surface area contributed by atoms with Gasteiger partial charge < -0.3 is 15.4 Å². The molecule has 1 aliphatic heterocycles. The van der Waals surface area contributed by atoms with Crippen LogP contribution in [0.4, 0.5) is 8.78 Å². The van der Waals surface area contributed by atoms with Crippen LogP contribution in [-0.4, -0.2) is 45.0 Å². The lowest BCUT2D eigenvalue weighted by Crippen LogP contribution is -2.33. The second-order valence-electron chi connectivity index (χ2n) is 10.4. The van der Waals surface area contributed by atoms with Crippen molar-refractivity contribution in [1.29, 1.82) is 0 Å². The van der Waals surface area contributed by atoms with Crippen LogP contribution in [0.25, 0.3) is 22.0 Å². The number of likely N-dealkylation sites (tertiary alicyclic amines) is 1. The fourth-order valence-electron chi connectivity index (χ4n) is 4.89. The largest absolute Gasteiger partial charge is 0.474 e. The molecule has 0 unspecified atom stereocenters. The van der Waals surface area contributed by atoms with E-state index in [1.807, 2.05) is 31.1 Å². The van der Waals surface area contributed by atoms with Crippen molar-refractivity contribution in [1.82, 2.24) is 19.9 Å². The molecule has 1 saturated heterocycles. The van der Waals surface area contributed by atoms with Crippen molar-refractivity contribution in [3.8, 4) is 27.8 Å². The van der Waals surface area contributed by atoms with Crippen molar-refractivity contribution < 1.29 is 18.3 Å². The van der Waals surface area contributed by atoms with Gasteiger partial charge in [-0.05, 0) is 44.5 Å². The van der Waals surface area contributed by atoms with E-state index in [0.717, 1.165) is 22.3 Å². The molecule has 196 valence electrons. The molecule has 2 fully saturated rings. The highest BCUT2D eigenvalue weighted by Gasteiger charge is 2.59. The SMILES string of the molecule is Cc1nc(-c2cscn2)sc1C(=O)N1C[C@@H]2[C@H](C1)[C@@H]2Oc1cc(C(C)(C)N)cc(-c2ccc(F)cc2F)n1. The zero-order valence-corrected chi connectivity index (χ0v) is 22.6. The third kappa shape index (κ3) is 4.59. The summed E-state index contributed by atoms with van der Waals surface area (Å²) in [7, 11) is 0. The lowest BCUT2D eigenvalue weighted by atomic mass is 9.94. The standard InChI is InChI=1S/C27H25F2N5O2S2/c1-13-24(38-25(32-13)21-11-37-12-31-21)26(35)34-9-17-18(10-34)23(17)36-22-7-14(27(2,3)30)6-20(33-22)16-5-4-15(28)8-19(16)29/h4-8,11-12,17-18,23H,9-10,30H2,1-3H3/t17-,18+,23-. The highest BCUT2D eigenvalue weighted by atomic mass is 32.1. The van der Waals surface area contributed by atoms with Crippen LogP contribution < -0.4 is 10.5 Å². The molecule has 11 heteroatoms. The van der Waals surface area contributed by atoms with Crippen LogP contribution in [0, 0.1) is 30.4 Å². The molecule has 1 saturated carbocycles. The van der Waals surface area contributed by atoms with Crippen LogP contribution >= 0.6 is 22.7 Å². The summed E-state index contributed by atoms with van der Waals surface area (Å²) in [5, 5.41) is 2.67. The van der Waals surface area contributed by atoms with Gasteiger partial charge >= 0.3 is 0 Å². The lowest BCUT2D eigenvalue weighted by Gasteiger charge is -2.22. The van der Waals surface area contributed by atoms with Gasteiger partial charge in [-0.1, -0.05) is 0 Å². The Labute approximate surface area is 226 Å². The fraction of sp³-hybridized carbons (Fsp3) is 0.333. The summed E-state index contributed by atoms with van der Waals surface area (Å²) < 4.78 is 34.2. The Morgan fingerprint density at radius 3 is 2.55 bits per heavy atom. The molecule has 7 nitrogen and oxygen atoms in total. The van der Waals surface area contributed by atoms with E-state index in [0.29, 0.717) is 35.2 Å². The second-order valence-corrected chi connectivity index (χ2v) is 12.1. The molecule has 1 aromatic carbocycles. The number of carbonyl (C=O) groups is 1. The zero-order valence-electron chi connectivity index (χ0n) is 20.9. The van der Waals surface area contributed by atoms with Gasteiger partial charge in [0, 0.05) is 53.5 Å². The topological polar surface area (TPSA) is 94.2 Å². The molecule has 2 aliphatic rings. The minimum absolute atomic E-state index is 0.0218. The van der Waals surface area contributed by atoms with E-state index in [9.17, 15) is 13.6 Å². The molecule has 2 N–H and O–H groups in total. The monoisotopic (exact) mass is 553 g/mol. The third-order valence-corrected chi connectivity index (χ3v) is 8.81. The highest BCUT2D eigenvalue weighted by Crippen LogP contribution is 2.48. The molecule has 6 rings (SSSR count). The number of benzene rings is 1. The maximum atomic E-state index is 14.5.